The van der Waals surface area contributed by atoms with Crippen LogP contribution in [0.2, 0.25) is 0 Å². The van der Waals surface area contributed by atoms with Crippen molar-refractivity contribution in [2.75, 3.05) is 25.5 Å². The van der Waals surface area contributed by atoms with Crippen LogP contribution in [0.1, 0.15) is 48.9 Å². The first kappa shape index (κ1) is 22.9. The second-order valence-corrected chi connectivity index (χ2v) is 10.3. The summed E-state index contributed by atoms with van der Waals surface area (Å²) in [5, 5.41) is 3.59. The Morgan fingerprint density at radius 3 is 2.56 bits per heavy atom. The van der Waals surface area contributed by atoms with E-state index >= 15 is 0 Å². The molecular formula is C30H33N5O. The number of rotatable bonds is 9. The molecule has 6 heteroatoms. The Hall–Kier alpha value is -3.51. The third-order valence-corrected chi connectivity index (χ3v) is 7.68. The molecule has 6 rings (SSSR count). The highest BCUT2D eigenvalue weighted by molar-refractivity contribution is 5.96. The van der Waals surface area contributed by atoms with Gasteiger partial charge in [-0.25, -0.2) is 9.97 Å². The molecule has 1 atom stereocenters. The van der Waals surface area contributed by atoms with Crippen molar-refractivity contribution >= 4 is 17.2 Å². The zero-order valence-corrected chi connectivity index (χ0v) is 20.9. The molecule has 2 aliphatic rings. The second kappa shape index (κ2) is 9.86. The van der Waals surface area contributed by atoms with Crippen molar-refractivity contribution in [3.8, 4) is 22.5 Å². The van der Waals surface area contributed by atoms with Crippen LogP contribution in [0.3, 0.4) is 0 Å². The highest BCUT2D eigenvalue weighted by Gasteiger charge is 2.25. The molecule has 184 valence electrons. The van der Waals surface area contributed by atoms with Crippen LogP contribution in [0.25, 0.3) is 28.2 Å². The van der Waals surface area contributed by atoms with Gasteiger partial charge < -0.3 is 10.2 Å². The number of Topliss-reactive ketones (excluding diaryl/α,β-unsaturated/α-hetero) is 1. The average Bonchev–Trinajstić information content (AvgIpc) is 3.47. The zero-order chi connectivity index (χ0) is 24.5. The Kier molecular flexibility index (Phi) is 6.28. The van der Waals surface area contributed by atoms with Crippen LogP contribution in [0.4, 0.5) is 5.82 Å². The Bertz CT molecular complexity index is 1360. The van der Waals surface area contributed by atoms with Gasteiger partial charge in [0, 0.05) is 41.9 Å². The summed E-state index contributed by atoms with van der Waals surface area (Å²) >= 11 is 0. The summed E-state index contributed by atoms with van der Waals surface area (Å²) in [7, 11) is 2.22. The fourth-order valence-electron chi connectivity index (χ4n) is 5.30. The van der Waals surface area contributed by atoms with E-state index < -0.39 is 0 Å². The lowest BCUT2D eigenvalue weighted by atomic mass is 10.0. The minimum atomic E-state index is 0.247. The number of anilines is 1. The van der Waals surface area contributed by atoms with E-state index in [0.717, 1.165) is 52.5 Å². The molecule has 2 aromatic carbocycles. The second-order valence-electron chi connectivity index (χ2n) is 10.3. The quantitative estimate of drug-likeness (QED) is 0.301. The van der Waals surface area contributed by atoms with E-state index in [1.165, 1.54) is 32.2 Å². The van der Waals surface area contributed by atoms with E-state index in [4.69, 9.17) is 9.97 Å². The average molecular weight is 480 g/mol. The van der Waals surface area contributed by atoms with Crippen molar-refractivity contribution in [1.82, 2.24) is 19.3 Å². The van der Waals surface area contributed by atoms with Gasteiger partial charge in [-0.3, -0.25) is 9.20 Å². The highest BCUT2D eigenvalue weighted by atomic mass is 16.1. The number of carbonyl (C=O) groups excluding carboxylic acids is 1. The van der Waals surface area contributed by atoms with Crippen molar-refractivity contribution < 1.29 is 4.79 Å². The van der Waals surface area contributed by atoms with Crippen LogP contribution >= 0.6 is 0 Å². The summed E-state index contributed by atoms with van der Waals surface area (Å²) in [5.41, 5.74) is 5.61. The highest BCUT2D eigenvalue weighted by Crippen LogP contribution is 2.34. The Balaban J connectivity index is 1.31. The van der Waals surface area contributed by atoms with Crippen molar-refractivity contribution in [3.05, 3.63) is 72.6 Å². The van der Waals surface area contributed by atoms with Crippen LogP contribution in [0.5, 0.6) is 0 Å². The van der Waals surface area contributed by atoms with Gasteiger partial charge in [-0.1, -0.05) is 54.6 Å². The largest absolute Gasteiger partial charge is 0.367 e. The number of nitrogens with one attached hydrogen (secondary N) is 1. The van der Waals surface area contributed by atoms with E-state index in [9.17, 15) is 4.79 Å². The molecule has 2 fully saturated rings. The van der Waals surface area contributed by atoms with Gasteiger partial charge in [0.05, 0.1) is 17.6 Å². The van der Waals surface area contributed by atoms with Crippen LogP contribution < -0.4 is 5.32 Å². The number of likely N-dealkylation sites (tertiary alicyclic amines) is 1. The maximum atomic E-state index is 12.5. The van der Waals surface area contributed by atoms with Crippen molar-refractivity contribution in [2.24, 2.45) is 5.92 Å². The number of carbonyl (C=O) groups is 1. The molecule has 0 radical (unpaired) electrons. The summed E-state index contributed by atoms with van der Waals surface area (Å²) in [4.78, 5) is 24.7. The summed E-state index contributed by atoms with van der Waals surface area (Å²) in [6, 6.07) is 18.9. The van der Waals surface area contributed by atoms with Gasteiger partial charge in [0.15, 0.2) is 17.2 Å². The third kappa shape index (κ3) is 4.78. The van der Waals surface area contributed by atoms with E-state index in [1.54, 1.807) is 0 Å². The monoisotopic (exact) mass is 479 g/mol. The lowest BCUT2D eigenvalue weighted by Crippen LogP contribution is -2.27. The van der Waals surface area contributed by atoms with E-state index in [1.807, 2.05) is 48.7 Å². The van der Waals surface area contributed by atoms with Gasteiger partial charge in [-0.05, 0) is 51.6 Å². The molecular weight excluding hydrogens is 446 g/mol. The van der Waals surface area contributed by atoms with Crippen molar-refractivity contribution in [3.63, 3.8) is 0 Å². The van der Waals surface area contributed by atoms with Crippen LogP contribution in [0, 0.1) is 5.92 Å². The van der Waals surface area contributed by atoms with Gasteiger partial charge in [0.1, 0.15) is 0 Å². The third-order valence-electron chi connectivity index (χ3n) is 7.68. The normalized spacial score (nSPS) is 18.1. The van der Waals surface area contributed by atoms with E-state index in [0.29, 0.717) is 18.4 Å². The van der Waals surface area contributed by atoms with Gasteiger partial charge in [-0.2, -0.15) is 0 Å². The smallest absolute Gasteiger partial charge is 0.180 e. The number of aromatic nitrogens is 3. The molecule has 1 unspecified atom stereocenters. The molecule has 0 amide bonds. The minimum absolute atomic E-state index is 0.247. The molecule has 0 bridgehead atoms. The van der Waals surface area contributed by atoms with Gasteiger partial charge >= 0.3 is 0 Å². The Morgan fingerprint density at radius 1 is 1.03 bits per heavy atom. The summed E-state index contributed by atoms with van der Waals surface area (Å²) in [5.74, 6) is 1.65. The molecule has 1 saturated heterocycles. The molecule has 1 N–H and O–H groups in total. The van der Waals surface area contributed by atoms with Gasteiger partial charge in [0.2, 0.25) is 0 Å². The maximum Gasteiger partial charge on any atom is 0.180 e. The molecule has 1 saturated carbocycles. The summed E-state index contributed by atoms with van der Waals surface area (Å²) in [6.45, 7) is 2.04. The Labute approximate surface area is 212 Å². The summed E-state index contributed by atoms with van der Waals surface area (Å²) in [6.07, 6.45) is 10.7. The number of hydrogen-bond donors (Lipinski definition) is 1. The standard InChI is InChI=1S/C30H33N5O/c1-34-17-5-8-25(34)15-16-31-29-30-32-19-27(35(30)20-26(33-29)22-6-3-2-4-7-22)23-11-13-24(14-12-23)28(36)18-21-9-10-21/h2-4,6-7,11-14,19-21,25H,5,8-10,15-18H2,1H3,(H,31,33). The number of fused-ring (bicyclic) bond motifs is 1. The molecule has 6 nitrogen and oxygen atoms in total. The number of benzene rings is 2. The molecule has 2 aromatic heterocycles. The number of imidazole rings is 1. The number of nitrogens with zero attached hydrogens (tertiary/aromatic N) is 4. The lowest BCUT2D eigenvalue weighted by Gasteiger charge is -2.19. The van der Waals surface area contributed by atoms with Gasteiger partial charge in [-0.15, -0.1) is 0 Å². The predicted molar refractivity (Wildman–Crippen MR) is 144 cm³/mol. The summed E-state index contributed by atoms with van der Waals surface area (Å²) < 4.78 is 2.13. The van der Waals surface area contributed by atoms with Gasteiger partial charge in [0.25, 0.3) is 0 Å². The van der Waals surface area contributed by atoms with E-state index in [2.05, 4.69) is 40.0 Å². The first-order valence-corrected chi connectivity index (χ1v) is 13.2. The van der Waals surface area contributed by atoms with Crippen molar-refractivity contribution in [2.45, 2.75) is 44.6 Å². The molecule has 4 aromatic rings. The van der Waals surface area contributed by atoms with Crippen LogP contribution in [-0.2, 0) is 0 Å². The van der Waals surface area contributed by atoms with E-state index in [-0.39, 0.29) is 5.78 Å². The lowest BCUT2D eigenvalue weighted by molar-refractivity contribution is 0.0976. The Morgan fingerprint density at radius 2 is 1.83 bits per heavy atom. The SMILES string of the molecule is CN1CCCC1CCNc1nc(-c2ccccc2)cn2c(-c3ccc(C(=O)CC4CC4)cc3)cnc12. The van der Waals surface area contributed by atoms with Crippen LogP contribution in [0.15, 0.2) is 67.0 Å². The first-order chi connectivity index (χ1) is 17.7. The zero-order valence-electron chi connectivity index (χ0n) is 20.9. The molecule has 1 aliphatic heterocycles. The molecule has 36 heavy (non-hydrogen) atoms. The topological polar surface area (TPSA) is 62.5 Å². The van der Waals surface area contributed by atoms with Crippen LogP contribution in [-0.4, -0.2) is 51.2 Å². The predicted octanol–water partition coefficient (Wildman–Crippen LogP) is 5.94. The molecule has 3 heterocycles. The molecule has 1 aliphatic carbocycles. The minimum Gasteiger partial charge on any atom is -0.367 e. The fourth-order valence-corrected chi connectivity index (χ4v) is 5.30. The first-order valence-electron chi connectivity index (χ1n) is 13.2. The number of hydrogen-bond acceptors (Lipinski definition) is 5. The number of ketones is 1. The maximum absolute atomic E-state index is 12.5. The molecule has 0 spiro atoms. The fraction of sp³-hybridized carbons (Fsp3) is 0.367. The van der Waals surface area contributed by atoms with Crippen molar-refractivity contribution in [1.29, 1.82) is 0 Å².